The molecular weight excluding hydrogens is 346 g/mol. The normalized spacial score (nSPS) is 24.1. The van der Waals surface area contributed by atoms with Crippen molar-refractivity contribution in [3.8, 4) is 0 Å². The summed E-state index contributed by atoms with van der Waals surface area (Å²) in [6.45, 7) is 6.59. The summed E-state index contributed by atoms with van der Waals surface area (Å²) in [5.41, 5.74) is 1.98. The van der Waals surface area contributed by atoms with Gasteiger partial charge in [-0.15, -0.1) is 0 Å². The first-order chi connectivity index (χ1) is 13.5. The number of aliphatic hydroxyl groups excluding tert-OH is 1. The maximum absolute atomic E-state index is 11.4. The maximum atomic E-state index is 11.4. The second-order valence-electron chi connectivity index (χ2n) is 9.17. The van der Waals surface area contributed by atoms with Crippen LogP contribution in [0.1, 0.15) is 51.9 Å². The number of rotatable bonds is 5. The van der Waals surface area contributed by atoms with E-state index in [9.17, 15) is 5.11 Å². The monoisotopic (exact) mass is 386 g/mol. The van der Waals surface area contributed by atoms with Gasteiger partial charge in [-0.25, -0.2) is 4.58 Å². The average Bonchev–Trinajstić information content (AvgIpc) is 2.73. The van der Waals surface area contributed by atoms with Crippen molar-refractivity contribution >= 4 is 5.71 Å². The molecule has 1 heterocycles. The molecule has 1 saturated carbocycles. The third-order valence-electron chi connectivity index (χ3n) is 7.24. The number of allylic oxidation sites excluding steroid dienone is 5. The summed E-state index contributed by atoms with van der Waals surface area (Å²) in [5.74, 6) is 1.28. The zero-order valence-corrected chi connectivity index (χ0v) is 18.5. The lowest BCUT2D eigenvalue weighted by Crippen LogP contribution is -2.47. The quantitative estimate of drug-likeness (QED) is 0.572. The van der Waals surface area contributed by atoms with Crippen LogP contribution >= 0.6 is 0 Å². The van der Waals surface area contributed by atoms with Crippen molar-refractivity contribution in [2.24, 2.45) is 5.92 Å². The summed E-state index contributed by atoms with van der Waals surface area (Å²) in [4.78, 5) is 4.63. The van der Waals surface area contributed by atoms with E-state index >= 15 is 0 Å². The van der Waals surface area contributed by atoms with Crippen molar-refractivity contribution in [2.45, 2.75) is 57.4 Å². The Balaban J connectivity index is 1.83. The van der Waals surface area contributed by atoms with Crippen LogP contribution in [0.4, 0.5) is 0 Å². The van der Waals surface area contributed by atoms with Crippen molar-refractivity contribution < 1.29 is 9.68 Å². The molecule has 1 unspecified atom stereocenters. The van der Waals surface area contributed by atoms with Crippen molar-refractivity contribution in [2.75, 3.05) is 47.3 Å². The SMILES string of the molecule is CCC(CC1CCCCC1)(C(O)=C1C=CC(=[N+]2CCN(C)CC2)C=C1)N(C)C. The lowest BCUT2D eigenvalue weighted by molar-refractivity contribution is -0.537. The minimum Gasteiger partial charge on any atom is -0.510 e. The summed E-state index contributed by atoms with van der Waals surface area (Å²) < 4.78 is 2.45. The third-order valence-corrected chi connectivity index (χ3v) is 7.24. The molecule has 1 N–H and O–H groups in total. The second kappa shape index (κ2) is 9.41. The first kappa shape index (κ1) is 21.3. The van der Waals surface area contributed by atoms with E-state index in [0.29, 0.717) is 5.76 Å². The van der Waals surface area contributed by atoms with Crippen LogP contribution < -0.4 is 0 Å². The molecule has 0 spiro atoms. The Labute approximate surface area is 171 Å². The minimum atomic E-state index is -0.267. The van der Waals surface area contributed by atoms with Gasteiger partial charge in [0.15, 0.2) is 18.8 Å². The molecule has 1 aliphatic heterocycles. The van der Waals surface area contributed by atoms with E-state index in [2.05, 4.69) is 66.7 Å². The largest absolute Gasteiger partial charge is 0.510 e. The number of piperazine rings is 1. The van der Waals surface area contributed by atoms with Crippen LogP contribution in [0.15, 0.2) is 35.6 Å². The number of likely N-dealkylation sites (N-methyl/N-ethyl adjacent to an activating group) is 2. The zero-order valence-electron chi connectivity index (χ0n) is 18.5. The molecular formula is C24H40N3O+. The lowest BCUT2D eigenvalue weighted by atomic mass is 9.75. The molecule has 28 heavy (non-hydrogen) atoms. The highest BCUT2D eigenvalue weighted by Crippen LogP contribution is 2.39. The van der Waals surface area contributed by atoms with Gasteiger partial charge in [0.2, 0.25) is 0 Å². The van der Waals surface area contributed by atoms with Gasteiger partial charge in [-0.2, -0.15) is 0 Å². The molecule has 0 aromatic carbocycles. The highest BCUT2D eigenvalue weighted by Gasteiger charge is 2.39. The minimum absolute atomic E-state index is 0.267. The molecule has 3 rings (SSSR count). The van der Waals surface area contributed by atoms with Gasteiger partial charge in [-0.05, 0) is 52.1 Å². The standard InChI is InChI=1S/C24H39N3O/c1-5-24(25(2)3,19-20-9-7-6-8-10-20)23(28)21-11-13-22(14-12-21)27-17-15-26(4)16-18-27/h11-14,20H,5-10,15-19H2,1-4H3/p+1. The van der Waals surface area contributed by atoms with Gasteiger partial charge in [-0.3, -0.25) is 9.80 Å². The molecule has 1 saturated heterocycles. The van der Waals surface area contributed by atoms with E-state index < -0.39 is 0 Å². The molecule has 0 bridgehead atoms. The summed E-state index contributed by atoms with van der Waals surface area (Å²) in [6.07, 6.45) is 17.3. The van der Waals surface area contributed by atoms with Crippen molar-refractivity contribution in [3.05, 3.63) is 35.6 Å². The van der Waals surface area contributed by atoms with Gasteiger partial charge in [0, 0.05) is 17.7 Å². The van der Waals surface area contributed by atoms with Crippen LogP contribution in [0.3, 0.4) is 0 Å². The fourth-order valence-electron chi connectivity index (χ4n) is 5.15. The van der Waals surface area contributed by atoms with Crippen molar-refractivity contribution in [1.29, 1.82) is 0 Å². The molecule has 0 aromatic heterocycles. The highest BCUT2D eigenvalue weighted by atomic mass is 16.3. The lowest BCUT2D eigenvalue weighted by Gasteiger charge is -2.42. The highest BCUT2D eigenvalue weighted by molar-refractivity contribution is 6.02. The van der Waals surface area contributed by atoms with E-state index in [4.69, 9.17) is 0 Å². The Bertz CT molecular complexity index is 639. The molecule has 0 radical (unpaired) electrons. The van der Waals surface area contributed by atoms with Gasteiger partial charge < -0.3 is 5.11 Å². The Morgan fingerprint density at radius 1 is 1.11 bits per heavy atom. The van der Waals surface area contributed by atoms with Crippen LogP contribution in [0.25, 0.3) is 0 Å². The first-order valence-electron chi connectivity index (χ1n) is 11.2. The molecule has 2 aliphatic carbocycles. The van der Waals surface area contributed by atoms with E-state index in [1.54, 1.807) is 0 Å². The van der Waals surface area contributed by atoms with Crippen LogP contribution in [0.5, 0.6) is 0 Å². The Kier molecular flexibility index (Phi) is 7.16. The fourth-order valence-corrected chi connectivity index (χ4v) is 5.15. The molecule has 4 heteroatoms. The van der Waals surface area contributed by atoms with E-state index in [1.807, 2.05) is 0 Å². The maximum Gasteiger partial charge on any atom is 0.200 e. The summed E-state index contributed by atoms with van der Waals surface area (Å²) in [7, 11) is 6.44. The molecule has 4 nitrogen and oxygen atoms in total. The molecule has 0 aromatic rings. The second-order valence-corrected chi connectivity index (χ2v) is 9.17. The molecule has 0 amide bonds. The van der Waals surface area contributed by atoms with E-state index in [0.717, 1.165) is 50.5 Å². The zero-order chi connectivity index (χ0) is 20.1. The van der Waals surface area contributed by atoms with Crippen molar-refractivity contribution in [1.82, 2.24) is 9.80 Å². The van der Waals surface area contributed by atoms with Gasteiger partial charge in [-0.1, -0.05) is 39.0 Å². The topological polar surface area (TPSA) is 29.7 Å². The Morgan fingerprint density at radius 3 is 2.25 bits per heavy atom. The molecule has 1 atom stereocenters. The summed E-state index contributed by atoms with van der Waals surface area (Å²) >= 11 is 0. The van der Waals surface area contributed by atoms with E-state index in [1.165, 1.54) is 37.8 Å². The smallest absolute Gasteiger partial charge is 0.200 e. The van der Waals surface area contributed by atoms with Crippen LogP contribution in [0, 0.1) is 5.92 Å². The third kappa shape index (κ3) is 4.60. The summed E-state index contributed by atoms with van der Waals surface area (Å²) in [5, 5.41) is 11.4. The fraction of sp³-hybridized carbons (Fsp3) is 0.708. The predicted octanol–water partition coefficient (Wildman–Crippen LogP) is 4.00. The van der Waals surface area contributed by atoms with Crippen LogP contribution in [-0.4, -0.2) is 78.1 Å². The average molecular weight is 387 g/mol. The molecule has 3 aliphatic rings. The number of hydrogen-bond acceptors (Lipinski definition) is 3. The Morgan fingerprint density at radius 2 is 1.71 bits per heavy atom. The summed E-state index contributed by atoms with van der Waals surface area (Å²) in [6, 6.07) is 0. The predicted molar refractivity (Wildman–Crippen MR) is 118 cm³/mol. The number of aliphatic hydroxyl groups is 1. The molecule has 2 fully saturated rings. The van der Waals surface area contributed by atoms with Crippen LogP contribution in [0.2, 0.25) is 0 Å². The van der Waals surface area contributed by atoms with Crippen LogP contribution in [-0.2, 0) is 0 Å². The van der Waals surface area contributed by atoms with Gasteiger partial charge >= 0.3 is 0 Å². The van der Waals surface area contributed by atoms with Gasteiger partial charge in [0.05, 0.1) is 18.6 Å². The number of nitrogens with zero attached hydrogens (tertiary/aromatic N) is 3. The molecule has 156 valence electrons. The van der Waals surface area contributed by atoms with Crippen molar-refractivity contribution in [3.63, 3.8) is 0 Å². The van der Waals surface area contributed by atoms with E-state index in [-0.39, 0.29) is 5.54 Å². The Hall–Kier alpha value is -1.39. The van der Waals surface area contributed by atoms with Gasteiger partial charge in [0.25, 0.3) is 0 Å². The van der Waals surface area contributed by atoms with Gasteiger partial charge in [0.1, 0.15) is 5.76 Å². The first-order valence-corrected chi connectivity index (χ1v) is 11.2. The number of hydrogen-bond donors (Lipinski definition) is 1.